The monoisotopic (exact) mass is 542 g/mol. The van der Waals surface area contributed by atoms with Gasteiger partial charge < -0.3 is 4.74 Å². The number of fused-ring (bicyclic) bond motifs is 1. The first kappa shape index (κ1) is 24.6. The van der Waals surface area contributed by atoms with Crippen LogP contribution in [0.25, 0.3) is 10.2 Å². The molecule has 4 aromatic rings. The van der Waals surface area contributed by atoms with E-state index in [9.17, 15) is 13.2 Å². The number of amides is 1. The molecule has 1 aliphatic rings. The summed E-state index contributed by atoms with van der Waals surface area (Å²) in [5, 5.41) is 0.931. The van der Waals surface area contributed by atoms with Crippen LogP contribution in [0.15, 0.2) is 71.9 Å². The zero-order valence-electron chi connectivity index (χ0n) is 19.4. The predicted molar refractivity (Wildman–Crippen MR) is 140 cm³/mol. The van der Waals surface area contributed by atoms with Gasteiger partial charge in [0.2, 0.25) is 15.9 Å². The van der Waals surface area contributed by atoms with E-state index in [0.717, 1.165) is 15.8 Å². The van der Waals surface area contributed by atoms with Gasteiger partial charge in [0.05, 0.1) is 28.8 Å². The Morgan fingerprint density at radius 2 is 2.03 bits per heavy atom. The maximum absolute atomic E-state index is 14.0. The lowest BCUT2D eigenvalue weighted by Gasteiger charge is -2.28. The molecule has 0 saturated carbocycles. The zero-order valence-corrected chi connectivity index (χ0v) is 21.8. The van der Waals surface area contributed by atoms with Crippen LogP contribution in [0.3, 0.4) is 0 Å². The Bertz CT molecular complexity index is 1490. The van der Waals surface area contributed by atoms with Crippen LogP contribution in [0.5, 0.6) is 5.75 Å². The van der Waals surface area contributed by atoms with Crippen molar-refractivity contribution in [1.82, 2.24) is 14.3 Å². The lowest BCUT2D eigenvalue weighted by molar-refractivity contribution is -0.121. The number of ether oxygens (including phenoxy) is 1. The standard InChI is InChI=1S/C25H23ClN4O4S2/c1-34-19-8-11-21-23(14-19)35-25(28-21)29(16-17-4-2-12-27-15-17)24(31)22-5-3-13-30(22)36(32,33)20-9-6-18(26)7-10-20/h2,4,6-12,14-15,22H,3,5,13,16H2,1H3. The lowest BCUT2D eigenvalue weighted by atomic mass is 10.2. The molecule has 0 radical (unpaired) electrons. The number of methoxy groups -OCH3 is 1. The number of sulfonamides is 1. The van der Waals surface area contributed by atoms with Crippen molar-refractivity contribution in [2.24, 2.45) is 0 Å². The van der Waals surface area contributed by atoms with Gasteiger partial charge >= 0.3 is 0 Å². The van der Waals surface area contributed by atoms with Crippen LogP contribution in [0.2, 0.25) is 5.02 Å². The topological polar surface area (TPSA) is 92.7 Å². The highest BCUT2D eigenvalue weighted by Crippen LogP contribution is 2.35. The van der Waals surface area contributed by atoms with Gasteiger partial charge in [-0.05, 0) is 66.9 Å². The molecule has 1 amide bonds. The zero-order chi connectivity index (χ0) is 25.3. The lowest BCUT2D eigenvalue weighted by Crippen LogP contribution is -2.47. The van der Waals surface area contributed by atoms with E-state index in [2.05, 4.69) is 4.98 Å². The fourth-order valence-corrected chi connectivity index (χ4v) is 7.02. The Morgan fingerprint density at radius 3 is 2.75 bits per heavy atom. The molecule has 1 fully saturated rings. The number of benzene rings is 2. The van der Waals surface area contributed by atoms with Gasteiger partial charge in [0, 0.05) is 24.0 Å². The number of anilines is 1. The molecule has 36 heavy (non-hydrogen) atoms. The van der Waals surface area contributed by atoms with Gasteiger partial charge in [-0.1, -0.05) is 29.0 Å². The van der Waals surface area contributed by atoms with Crippen molar-refractivity contribution in [2.45, 2.75) is 30.3 Å². The minimum absolute atomic E-state index is 0.109. The summed E-state index contributed by atoms with van der Waals surface area (Å²) in [6.07, 6.45) is 4.36. The number of nitrogens with zero attached hydrogens (tertiary/aromatic N) is 4. The number of carbonyl (C=O) groups is 1. The highest BCUT2D eigenvalue weighted by molar-refractivity contribution is 7.89. The van der Waals surface area contributed by atoms with Gasteiger partial charge in [-0.3, -0.25) is 14.7 Å². The van der Waals surface area contributed by atoms with E-state index >= 15 is 0 Å². The van der Waals surface area contributed by atoms with E-state index in [-0.39, 0.29) is 23.9 Å². The molecule has 5 rings (SSSR count). The van der Waals surface area contributed by atoms with Crippen molar-refractivity contribution in [2.75, 3.05) is 18.6 Å². The molecule has 3 heterocycles. The minimum Gasteiger partial charge on any atom is -0.497 e. The van der Waals surface area contributed by atoms with E-state index in [1.165, 1.54) is 39.9 Å². The first-order chi connectivity index (χ1) is 17.4. The van der Waals surface area contributed by atoms with Gasteiger partial charge in [0.15, 0.2) is 5.13 Å². The van der Waals surface area contributed by atoms with Crippen LogP contribution in [0.1, 0.15) is 18.4 Å². The average molecular weight is 543 g/mol. The highest BCUT2D eigenvalue weighted by Gasteiger charge is 2.42. The van der Waals surface area contributed by atoms with E-state index in [1.54, 1.807) is 30.5 Å². The second-order valence-electron chi connectivity index (χ2n) is 8.34. The van der Waals surface area contributed by atoms with Crippen LogP contribution < -0.4 is 9.64 Å². The van der Waals surface area contributed by atoms with Gasteiger partial charge in [-0.15, -0.1) is 0 Å². The summed E-state index contributed by atoms with van der Waals surface area (Å²) in [5.74, 6) is 0.374. The Labute approximate surface area is 218 Å². The summed E-state index contributed by atoms with van der Waals surface area (Å²) in [6.45, 7) is 0.480. The second-order valence-corrected chi connectivity index (χ2v) is 11.7. The normalized spacial score (nSPS) is 16.3. The number of hydrogen-bond acceptors (Lipinski definition) is 7. The molecule has 0 N–H and O–H groups in total. The van der Waals surface area contributed by atoms with Crippen LogP contribution in [-0.2, 0) is 21.4 Å². The summed E-state index contributed by atoms with van der Waals surface area (Å²) < 4.78 is 34.4. The van der Waals surface area contributed by atoms with Gasteiger partial charge in [0.25, 0.3) is 0 Å². The molecule has 1 atom stereocenters. The Hall–Kier alpha value is -3.05. The molecule has 2 aromatic heterocycles. The number of carbonyl (C=O) groups excluding carboxylic acids is 1. The van der Waals surface area contributed by atoms with Gasteiger partial charge in [-0.2, -0.15) is 4.31 Å². The van der Waals surface area contributed by atoms with E-state index in [0.29, 0.717) is 28.7 Å². The molecule has 0 bridgehead atoms. The molecule has 11 heteroatoms. The second kappa shape index (κ2) is 10.1. The number of thiazole rings is 1. The third kappa shape index (κ3) is 4.81. The minimum atomic E-state index is -3.89. The smallest absolute Gasteiger partial charge is 0.247 e. The predicted octanol–water partition coefficient (Wildman–Crippen LogP) is 4.74. The molecular weight excluding hydrogens is 520 g/mol. The fourth-order valence-electron chi connectivity index (χ4n) is 4.25. The summed E-state index contributed by atoms with van der Waals surface area (Å²) >= 11 is 7.31. The number of aromatic nitrogens is 2. The van der Waals surface area contributed by atoms with Gasteiger partial charge in [0.1, 0.15) is 11.8 Å². The third-order valence-corrected chi connectivity index (χ3v) is 9.27. The molecular formula is C25H23ClN4O4S2. The summed E-state index contributed by atoms with van der Waals surface area (Å²) in [6, 6.07) is 14.4. The number of pyridine rings is 1. The van der Waals surface area contributed by atoms with Crippen molar-refractivity contribution >= 4 is 54.2 Å². The number of rotatable bonds is 7. The first-order valence-corrected chi connectivity index (χ1v) is 13.9. The van der Waals surface area contributed by atoms with Crippen LogP contribution in [0.4, 0.5) is 5.13 Å². The number of halogens is 1. The molecule has 0 aliphatic carbocycles. The Balaban J connectivity index is 1.52. The largest absolute Gasteiger partial charge is 0.497 e. The summed E-state index contributed by atoms with van der Waals surface area (Å²) in [5.41, 5.74) is 1.55. The van der Waals surface area contributed by atoms with Crippen molar-refractivity contribution in [3.63, 3.8) is 0 Å². The summed E-state index contributed by atoms with van der Waals surface area (Å²) in [7, 11) is -2.30. The molecule has 186 valence electrons. The third-order valence-electron chi connectivity index (χ3n) is 6.05. The molecule has 2 aromatic carbocycles. The number of hydrogen-bond donors (Lipinski definition) is 0. The quantitative estimate of drug-likeness (QED) is 0.335. The molecule has 1 saturated heterocycles. The van der Waals surface area contributed by atoms with Crippen LogP contribution >= 0.6 is 22.9 Å². The van der Waals surface area contributed by atoms with E-state index < -0.39 is 16.1 Å². The molecule has 8 nitrogen and oxygen atoms in total. The maximum Gasteiger partial charge on any atom is 0.247 e. The van der Waals surface area contributed by atoms with Crippen LogP contribution in [-0.4, -0.2) is 48.3 Å². The van der Waals surface area contributed by atoms with Crippen LogP contribution in [0, 0.1) is 0 Å². The maximum atomic E-state index is 14.0. The van der Waals surface area contributed by atoms with E-state index in [1.807, 2.05) is 24.3 Å². The highest BCUT2D eigenvalue weighted by atomic mass is 35.5. The van der Waals surface area contributed by atoms with E-state index in [4.69, 9.17) is 21.3 Å². The fraction of sp³-hybridized carbons (Fsp3) is 0.240. The van der Waals surface area contributed by atoms with Crippen molar-refractivity contribution < 1.29 is 17.9 Å². The Morgan fingerprint density at radius 1 is 1.22 bits per heavy atom. The Kier molecular flexibility index (Phi) is 6.94. The summed E-state index contributed by atoms with van der Waals surface area (Å²) in [4.78, 5) is 24.5. The van der Waals surface area contributed by atoms with Crippen molar-refractivity contribution in [3.05, 3.63) is 77.6 Å². The molecule has 1 unspecified atom stereocenters. The van der Waals surface area contributed by atoms with Crippen molar-refractivity contribution in [3.8, 4) is 5.75 Å². The molecule has 0 spiro atoms. The SMILES string of the molecule is COc1ccc2nc(N(Cc3cccnc3)C(=O)C3CCCN3S(=O)(=O)c3ccc(Cl)cc3)sc2c1. The van der Waals surface area contributed by atoms with Crippen molar-refractivity contribution in [1.29, 1.82) is 0 Å². The van der Waals surface area contributed by atoms with Gasteiger partial charge in [-0.25, -0.2) is 13.4 Å². The average Bonchev–Trinajstić information content (AvgIpc) is 3.55. The molecule has 1 aliphatic heterocycles. The first-order valence-electron chi connectivity index (χ1n) is 11.3.